The minimum atomic E-state index is 0.0770. The van der Waals surface area contributed by atoms with E-state index in [-0.39, 0.29) is 12.2 Å². The van der Waals surface area contributed by atoms with Gasteiger partial charge in [0, 0.05) is 6.42 Å². The lowest BCUT2D eigenvalue weighted by molar-refractivity contribution is -0.118. The highest BCUT2D eigenvalue weighted by Gasteiger charge is 2.00. The highest BCUT2D eigenvalue weighted by atomic mass is 16.1. The van der Waals surface area contributed by atoms with Crippen LogP contribution < -0.4 is 0 Å². The molecule has 62 valence electrons. The van der Waals surface area contributed by atoms with Gasteiger partial charge in [-0.3, -0.25) is 4.79 Å². The molecular formula is C9H15NO. The first-order valence-corrected chi connectivity index (χ1v) is 4.05. The summed E-state index contributed by atoms with van der Waals surface area (Å²) in [6.07, 6.45) is 2.67. The summed E-state index contributed by atoms with van der Waals surface area (Å²) in [5, 5.41) is 8.17. The number of hydrogen-bond donors (Lipinski definition) is 0. The SMILES string of the molecule is CC(C)CCCC(=O)CC#N. The van der Waals surface area contributed by atoms with Crippen molar-refractivity contribution in [2.45, 2.75) is 39.5 Å². The fourth-order valence-electron chi connectivity index (χ4n) is 0.884. The predicted octanol–water partition coefficient (Wildman–Crippen LogP) is 2.30. The number of nitriles is 1. The summed E-state index contributed by atoms with van der Waals surface area (Å²) in [4.78, 5) is 10.8. The van der Waals surface area contributed by atoms with E-state index in [9.17, 15) is 4.79 Å². The average molecular weight is 153 g/mol. The van der Waals surface area contributed by atoms with Gasteiger partial charge in [-0.05, 0) is 12.3 Å². The van der Waals surface area contributed by atoms with Crippen molar-refractivity contribution >= 4 is 5.78 Å². The first-order chi connectivity index (χ1) is 5.16. The Hall–Kier alpha value is -0.840. The predicted molar refractivity (Wildman–Crippen MR) is 43.9 cm³/mol. The van der Waals surface area contributed by atoms with Crippen LogP contribution in [-0.4, -0.2) is 5.78 Å². The van der Waals surface area contributed by atoms with Gasteiger partial charge in [0.25, 0.3) is 0 Å². The number of carbonyl (C=O) groups is 1. The molecule has 0 spiro atoms. The molecule has 0 saturated carbocycles. The smallest absolute Gasteiger partial charge is 0.146 e. The van der Waals surface area contributed by atoms with Crippen LogP contribution in [0.5, 0.6) is 0 Å². The van der Waals surface area contributed by atoms with Crippen LogP contribution in [0.15, 0.2) is 0 Å². The van der Waals surface area contributed by atoms with Gasteiger partial charge in [0.05, 0.1) is 12.5 Å². The molecule has 0 fully saturated rings. The molecule has 0 aliphatic rings. The monoisotopic (exact) mass is 153 g/mol. The van der Waals surface area contributed by atoms with Crippen LogP contribution in [0.3, 0.4) is 0 Å². The van der Waals surface area contributed by atoms with Crippen LogP contribution in [-0.2, 0) is 4.79 Å². The number of Topliss-reactive ketones (excluding diaryl/α,β-unsaturated/α-hetero) is 1. The van der Waals surface area contributed by atoms with Gasteiger partial charge >= 0.3 is 0 Å². The maximum atomic E-state index is 10.8. The molecule has 0 heterocycles. The Bertz CT molecular complexity index is 155. The summed E-state index contributed by atoms with van der Waals surface area (Å²) in [6, 6.07) is 1.86. The first kappa shape index (κ1) is 10.2. The first-order valence-electron chi connectivity index (χ1n) is 4.05. The van der Waals surface area contributed by atoms with Crippen LogP contribution in [0.4, 0.5) is 0 Å². The third-order valence-electron chi connectivity index (χ3n) is 1.51. The summed E-state index contributed by atoms with van der Waals surface area (Å²) >= 11 is 0. The highest BCUT2D eigenvalue weighted by molar-refractivity contribution is 5.80. The Kier molecular flexibility index (Phi) is 5.46. The van der Waals surface area contributed by atoms with E-state index in [0.717, 1.165) is 12.8 Å². The molecule has 0 aromatic rings. The third-order valence-corrected chi connectivity index (χ3v) is 1.51. The maximum absolute atomic E-state index is 10.8. The van der Waals surface area contributed by atoms with Crippen LogP contribution in [0, 0.1) is 17.2 Å². The Morgan fingerprint density at radius 3 is 2.64 bits per heavy atom. The van der Waals surface area contributed by atoms with Crippen molar-refractivity contribution in [3.8, 4) is 6.07 Å². The van der Waals surface area contributed by atoms with E-state index in [1.54, 1.807) is 0 Å². The Morgan fingerprint density at radius 1 is 1.55 bits per heavy atom. The van der Waals surface area contributed by atoms with Crippen LogP contribution in [0.25, 0.3) is 0 Å². The molecule has 0 aliphatic heterocycles. The molecular weight excluding hydrogens is 138 g/mol. The van der Waals surface area contributed by atoms with Gasteiger partial charge in [0.2, 0.25) is 0 Å². The Morgan fingerprint density at radius 2 is 2.18 bits per heavy atom. The summed E-state index contributed by atoms with van der Waals surface area (Å²) in [5.41, 5.74) is 0. The second-order valence-corrected chi connectivity index (χ2v) is 3.16. The van der Waals surface area contributed by atoms with Gasteiger partial charge in [-0.25, -0.2) is 0 Å². The fraction of sp³-hybridized carbons (Fsp3) is 0.778. The van der Waals surface area contributed by atoms with Crippen molar-refractivity contribution in [2.75, 3.05) is 0 Å². The van der Waals surface area contributed by atoms with Gasteiger partial charge in [-0.15, -0.1) is 0 Å². The van der Waals surface area contributed by atoms with E-state index in [2.05, 4.69) is 13.8 Å². The summed E-state index contributed by atoms with van der Waals surface area (Å²) in [6.45, 7) is 4.27. The molecule has 2 heteroatoms. The molecule has 11 heavy (non-hydrogen) atoms. The zero-order chi connectivity index (χ0) is 8.69. The second kappa shape index (κ2) is 5.91. The minimum Gasteiger partial charge on any atom is -0.299 e. The molecule has 0 rings (SSSR count). The quantitative estimate of drug-likeness (QED) is 0.608. The molecule has 0 radical (unpaired) electrons. The van der Waals surface area contributed by atoms with Crippen LogP contribution in [0.2, 0.25) is 0 Å². The molecule has 0 aromatic carbocycles. The van der Waals surface area contributed by atoms with Crippen molar-refractivity contribution in [1.29, 1.82) is 5.26 Å². The van der Waals surface area contributed by atoms with E-state index >= 15 is 0 Å². The zero-order valence-electron chi connectivity index (χ0n) is 7.26. The topological polar surface area (TPSA) is 40.9 Å². The van der Waals surface area contributed by atoms with Gasteiger partial charge in [-0.1, -0.05) is 20.3 Å². The van der Waals surface area contributed by atoms with Gasteiger partial charge in [0.1, 0.15) is 5.78 Å². The average Bonchev–Trinajstić information content (AvgIpc) is 1.87. The number of rotatable bonds is 5. The Balaban J connectivity index is 3.26. The van der Waals surface area contributed by atoms with E-state index in [4.69, 9.17) is 5.26 Å². The van der Waals surface area contributed by atoms with Gasteiger partial charge in [0.15, 0.2) is 0 Å². The molecule has 2 nitrogen and oxygen atoms in total. The normalized spacial score (nSPS) is 9.64. The molecule has 0 unspecified atom stereocenters. The van der Waals surface area contributed by atoms with E-state index in [1.165, 1.54) is 0 Å². The summed E-state index contributed by atoms with van der Waals surface area (Å²) < 4.78 is 0. The van der Waals surface area contributed by atoms with Crippen molar-refractivity contribution in [3.05, 3.63) is 0 Å². The molecule has 0 atom stereocenters. The van der Waals surface area contributed by atoms with Crippen molar-refractivity contribution in [1.82, 2.24) is 0 Å². The molecule has 0 bridgehead atoms. The zero-order valence-corrected chi connectivity index (χ0v) is 7.26. The van der Waals surface area contributed by atoms with E-state index < -0.39 is 0 Å². The molecule has 0 amide bonds. The minimum absolute atomic E-state index is 0.0770. The van der Waals surface area contributed by atoms with Crippen LogP contribution in [0.1, 0.15) is 39.5 Å². The Labute approximate surface area is 68.2 Å². The standard InChI is InChI=1S/C9H15NO/c1-8(2)4-3-5-9(11)6-7-10/h8H,3-6H2,1-2H3. The molecule has 0 aromatic heterocycles. The molecule has 0 saturated heterocycles. The number of carbonyl (C=O) groups excluding carboxylic acids is 1. The largest absolute Gasteiger partial charge is 0.299 e. The van der Waals surface area contributed by atoms with Gasteiger partial charge < -0.3 is 0 Å². The fourth-order valence-corrected chi connectivity index (χ4v) is 0.884. The maximum Gasteiger partial charge on any atom is 0.146 e. The van der Waals surface area contributed by atoms with Crippen LogP contribution >= 0.6 is 0 Å². The van der Waals surface area contributed by atoms with Crippen molar-refractivity contribution < 1.29 is 4.79 Å². The lowest BCUT2D eigenvalue weighted by atomic mass is 10.0. The second-order valence-electron chi connectivity index (χ2n) is 3.16. The lowest BCUT2D eigenvalue weighted by Gasteiger charge is -2.01. The highest BCUT2D eigenvalue weighted by Crippen LogP contribution is 2.06. The van der Waals surface area contributed by atoms with Crippen molar-refractivity contribution in [3.63, 3.8) is 0 Å². The summed E-state index contributed by atoms with van der Waals surface area (Å²) in [7, 11) is 0. The third kappa shape index (κ3) is 7.05. The number of hydrogen-bond acceptors (Lipinski definition) is 2. The molecule has 0 N–H and O–H groups in total. The van der Waals surface area contributed by atoms with Gasteiger partial charge in [-0.2, -0.15) is 5.26 Å². The molecule has 0 aliphatic carbocycles. The van der Waals surface area contributed by atoms with Crippen molar-refractivity contribution in [2.24, 2.45) is 5.92 Å². The van der Waals surface area contributed by atoms with E-state index in [0.29, 0.717) is 12.3 Å². The number of nitrogens with zero attached hydrogens (tertiary/aromatic N) is 1. The summed E-state index contributed by atoms with van der Waals surface area (Å²) in [5.74, 6) is 0.734. The van der Waals surface area contributed by atoms with E-state index in [1.807, 2.05) is 6.07 Å². The number of ketones is 1. The lowest BCUT2D eigenvalue weighted by Crippen LogP contribution is -1.97.